The molecule has 7 nitrogen and oxygen atoms in total. The number of rotatable bonds is 3. The smallest absolute Gasteiger partial charge is 0.205 e. The number of aromatic amines is 1. The first-order valence-corrected chi connectivity index (χ1v) is 4.72. The fraction of sp³-hybridized carbons (Fsp3) is 0.111. The van der Waals surface area contributed by atoms with Crippen molar-refractivity contribution >= 4 is 17.0 Å². The van der Waals surface area contributed by atoms with E-state index in [1.54, 1.807) is 12.6 Å². The van der Waals surface area contributed by atoms with Gasteiger partial charge in [0, 0.05) is 0 Å². The predicted octanol–water partition coefficient (Wildman–Crippen LogP) is 0.953. The molecule has 80 valence electrons. The molecule has 0 bridgehead atoms. The lowest BCUT2D eigenvalue weighted by molar-refractivity contribution is 0.517. The molecule has 0 unspecified atom stereocenters. The molecule has 0 amide bonds. The molecule has 0 aliphatic carbocycles. The number of anilines is 1. The van der Waals surface area contributed by atoms with Gasteiger partial charge in [0.25, 0.3) is 0 Å². The second-order valence-electron chi connectivity index (χ2n) is 3.17. The normalized spacial score (nSPS) is 10.8. The first-order valence-electron chi connectivity index (χ1n) is 4.72. The summed E-state index contributed by atoms with van der Waals surface area (Å²) in [6.45, 7) is 0.541. The molecule has 0 atom stereocenters. The summed E-state index contributed by atoms with van der Waals surface area (Å²) in [5, 5.41) is 14.4. The molecule has 3 rings (SSSR count). The molecule has 3 aromatic rings. The van der Waals surface area contributed by atoms with Crippen LogP contribution in [0.4, 0.5) is 5.82 Å². The van der Waals surface area contributed by atoms with Crippen LogP contribution in [0.5, 0.6) is 0 Å². The van der Waals surface area contributed by atoms with Gasteiger partial charge in [-0.1, -0.05) is 0 Å². The number of H-pyrrole nitrogens is 1. The summed E-state index contributed by atoms with van der Waals surface area (Å²) in [6.07, 6.45) is 3.18. The molecule has 2 N–H and O–H groups in total. The molecule has 7 heteroatoms. The Morgan fingerprint density at radius 2 is 2.38 bits per heavy atom. The van der Waals surface area contributed by atoms with Crippen molar-refractivity contribution in [1.29, 1.82) is 0 Å². The predicted molar refractivity (Wildman–Crippen MR) is 55.5 cm³/mol. The highest BCUT2D eigenvalue weighted by Crippen LogP contribution is 2.14. The zero-order valence-electron chi connectivity index (χ0n) is 8.21. The third-order valence-electron chi connectivity index (χ3n) is 2.15. The Morgan fingerprint density at radius 1 is 1.38 bits per heavy atom. The largest absolute Gasteiger partial charge is 0.467 e. The van der Waals surface area contributed by atoms with E-state index >= 15 is 0 Å². The maximum atomic E-state index is 5.20. The summed E-state index contributed by atoms with van der Waals surface area (Å²) in [4.78, 5) is 6.94. The number of hydrogen-bond acceptors (Lipinski definition) is 6. The highest BCUT2D eigenvalue weighted by Gasteiger charge is 2.06. The van der Waals surface area contributed by atoms with Crippen LogP contribution in [0.3, 0.4) is 0 Å². The van der Waals surface area contributed by atoms with Crippen LogP contribution in [-0.4, -0.2) is 25.4 Å². The number of aromatic nitrogens is 5. The Kier molecular flexibility index (Phi) is 1.99. The van der Waals surface area contributed by atoms with Gasteiger partial charge in [0.2, 0.25) is 5.65 Å². The SMILES string of the molecule is c1coc(CNc2nnnc3nc[nH]c23)c1. The third-order valence-corrected chi connectivity index (χ3v) is 2.15. The van der Waals surface area contributed by atoms with Crippen LogP contribution in [0, 0.1) is 0 Å². The molecule has 0 aliphatic rings. The van der Waals surface area contributed by atoms with E-state index in [-0.39, 0.29) is 0 Å². The summed E-state index contributed by atoms with van der Waals surface area (Å²) in [7, 11) is 0. The lowest BCUT2D eigenvalue weighted by Gasteiger charge is -2.01. The third kappa shape index (κ3) is 1.48. The van der Waals surface area contributed by atoms with Crippen molar-refractivity contribution in [2.75, 3.05) is 5.32 Å². The molecule has 0 aliphatic heterocycles. The second kappa shape index (κ2) is 3.61. The molecule has 3 heterocycles. The van der Waals surface area contributed by atoms with Crippen LogP contribution in [-0.2, 0) is 6.54 Å². The average molecular weight is 216 g/mol. The maximum Gasteiger partial charge on any atom is 0.205 e. The fourth-order valence-corrected chi connectivity index (χ4v) is 1.40. The summed E-state index contributed by atoms with van der Waals surface area (Å²) < 4.78 is 5.20. The summed E-state index contributed by atoms with van der Waals surface area (Å²) in [6, 6.07) is 3.72. The van der Waals surface area contributed by atoms with Crippen molar-refractivity contribution < 1.29 is 4.42 Å². The van der Waals surface area contributed by atoms with E-state index in [1.807, 2.05) is 12.1 Å². The number of furan rings is 1. The van der Waals surface area contributed by atoms with Crippen LogP contribution < -0.4 is 5.32 Å². The Hall–Kier alpha value is -2.44. The molecule has 0 fully saturated rings. The lowest BCUT2D eigenvalue weighted by Crippen LogP contribution is -2.03. The van der Waals surface area contributed by atoms with Gasteiger partial charge in [-0.2, -0.15) is 0 Å². The monoisotopic (exact) mass is 216 g/mol. The van der Waals surface area contributed by atoms with Crippen molar-refractivity contribution in [3.05, 3.63) is 30.5 Å². The van der Waals surface area contributed by atoms with Crippen LogP contribution in [0.25, 0.3) is 11.2 Å². The molecule has 0 saturated carbocycles. The summed E-state index contributed by atoms with van der Waals surface area (Å²) >= 11 is 0. The Bertz CT molecular complexity index is 587. The minimum absolute atomic E-state index is 0.539. The van der Waals surface area contributed by atoms with E-state index < -0.39 is 0 Å². The summed E-state index contributed by atoms with van der Waals surface area (Å²) in [5.41, 5.74) is 1.28. The minimum atomic E-state index is 0.539. The van der Waals surface area contributed by atoms with Gasteiger partial charge in [0.1, 0.15) is 11.3 Å². The molecular weight excluding hydrogens is 208 g/mol. The Morgan fingerprint density at radius 3 is 3.25 bits per heavy atom. The Labute approximate surface area is 89.9 Å². The van der Waals surface area contributed by atoms with E-state index in [9.17, 15) is 0 Å². The van der Waals surface area contributed by atoms with Crippen molar-refractivity contribution in [3.8, 4) is 0 Å². The van der Waals surface area contributed by atoms with E-state index in [1.165, 1.54) is 0 Å². The molecule has 16 heavy (non-hydrogen) atoms. The number of hydrogen-bond donors (Lipinski definition) is 2. The highest BCUT2D eigenvalue weighted by molar-refractivity contribution is 5.81. The minimum Gasteiger partial charge on any atom is -0.467 e. The Balaban J connectivity index is 1.86. The molecule has 3 aromatic heterocycles. The highest BCUT2D eigenvalue weighted by atomic mass is 16.3. The topological polar surface area (TPSA) is 92.5 Å². The van der Waals surface area contributed by atoms with Crippen LogP contribution in [0.1, 0.15) is 5.76 Å². The zero-order chi connectivity index (χ0) is 10.8. The van der Waals surface area contributed by atoms with Gasteiger partial charge in [-0.3, -0.25) is 0 Å². The first-order chi connectivity index (χ1) is 7.93. The van der Waals surface area contributed by atoms with Gasteiger partial charge in [0.15, 0.2) is 5.82 Å². The maximum absolute atomic E-state index is 5.20. The first kappa shape index (κ1) is 8.84. The molecule has 0 aromatic carbocycles. The van der Waals surface area contributed by atoms with E-state index in [0.717, 1.165) is 11.3 Å². The van der Waals surface area contributed by atoms with E-state index in [0.29, 0.717) is 18.0 Å². The van der Waals surface area contributed by atoms with E-state index in [2.05, 4.69) is 30.7 Å². The van der Waals surface area contributed by atoms with Crippen molar-refractivity contribution in [2.45, 2.75) is 6.54 Å². The standard InChI is InChI=1S/C9H8N6O/c1-2-6(16-3-1)4-10-8-7-9(12-5-11-7)14-15-13-8/h1-3,5H,4H2,(H2,10,11,12,13,14). The number of nitrogens with one attached hydrogen (secondary N) is 2. The fourth-order valence-electron chi connectivity index (χ4n) is 1.40. The van der Waals surface area contributed by atoms with Gasteiger partial charge in [-0.25, -0.2) is 4.98 Å². The van der Waals surface area contributed by atoms with Crippen LogP contribution in [0.15, 0.2) is 29.1 Å². The molecule has 0 saturated heterocycles. The van der Waals surface area contributed by atoms with Crippen molar-refractivity contribution in [1.82, 2.24) is 25.4 Å². The van der Waals surface area contributed by atoms with Gasteiger partial charge in [0.05, 0.1) is 19.1 Å². The van der Waals surface area contributed by atoms with Crippen LogP contribution in [0.2, 0.25) is 0 Å². The average Bonchev–Trinajstić information content (AvgIpc) is 2.97. The number of fused-ring (bicyclic) bond motifs is 1. The van der Waals surface area contributed by atoms with Gasteiger partial charge in [-0.15, -0.1) is 10.2 Å². The number of nitrogens with zero attached hydrogens (tertiary/aromatic N) is 4. The summed E-state index contributed by atoms with van der Waals surface area (Å²) in [5.74, 6) is 1.44. The van der Waals surface area contributed by atoms with E-state index in [4.69, 9.17) is 4.42 Å². The van der Waals surface area contributed by atoms with Gasteiger partial charge in [-0.05, 0) is 17.3 Å². The lowest BCUT2D eigenvalue weighted by atomic mass is 10.4. The quantitative estimate of drug-likeness (QED) is 0.677. The zero-order valence-corrected chi connectivity index (χ0v) is 8.21. The molecule has 0 spiro atoms. The molecule has 0 radical (unpaired) electrons. The second-order valence-corrected chi connectivity index (χ2v) is 3.17. The van der Waals surface area contributed by atoms with Gasteiger partial charge >= 0.3 is 0 Å². The number of imidazole rings is 1. The van der Waals surface area contributed by atoms with Gasteiger partial charge < -0.3 is 14.7 Å². The van der Waals surface area contributed by atoms with Crippen molar-refractivity contribution in [2.24, 2.45) is 0 Å². The van der Waals surface area contributed by atoms with Crippen molar-refractivity contribution in [3.63, 3.8) is 0 Å². The van der Waals surface area contributed by atoms with Crippen LogP contribution >= 0.6 is 0 Å². The molecular formula is C9H8N6O.